The summed E-state index contributed by atoms with van der Waals surface area (Å²) in [6.45, 7) is 4.42. The van der Waals surface area contributed by atoms with Gasteiger partial charge in [0.1, 0.15) is 0 Å². The molecule has 1 aromatic carbocycles. The molecule has 2 nitrogen and oxygen atoms in total. The van der Waals surface area contributed by atoms with Crippen molar-refractivity contribution in [3.8, 4) is 0 Å². The number of halogens is 3. The fourth-order valence-corrected chi connectivity index (χ4v) is 2.07. The molecule has 0 unspecified atom stereocenters. The first-order chi connectivity index (χ1) is 8.73. The SMILES string of the molecule is COC(C)(C)CCNc1ccccc1SC(F)(F)F. The van der Waals surface area contributed by atoms with E-state index in [-0.39, 0.29) is 22.3 Å². The van der Waals surface area contributed by atoms with Gasteiger partial charge in [-0.05, 0) is 44.2 Å². The van der Waals surface area contributed by atoms with Crippen molar-refractivity contribution >= 4 is 17.4 Å². The van der Waals surface area contributed by atoms with Gasteiger partial charge in [-0.1, -0.05) is 12.1 Å². The number of rotatable bonds is 6. The van der Waals surface area contributed by atoms with Gasteiger partial charge in [-0.3, -0.25) is 0 Å². The van der Waals surface area contributed by atoms with Crippen LogP contribution in [0.4, 0.5) is 18.9 Å². The fourth-order valence-electron chi connectivity index (χ4n) is 1.43. The number of thioether (sulfide) groups is 1. The molecule has 0 bridgehead atoms. The molecule has 0 amide bonds. The standard InChI is InChI=1S/C13H18F3NOS/c1-12(2,18-3)8-9-17-10-6-4-5-7-11(10)19-13(14,15)16/h4-7,17H,8-9H2,1-3H3. The molecule has 19 heavy (non-hydrogen) atoms. The van der Waals surface area contributed by atoms with Crippen LogP contribution in [0, 0.1) is 0 Å². The molecule has 0 spiro atoms. The van der Waals surface area contributed by atoms with Gasteiger partial charge in [-0.2, -0.15) is 13.2 Å². The quantitative estimate of drug-likeness (QED) is 0.779. The number of methoxy groups -OCH3 is 1. The van der Waals surface area contributed by atoms with Crippen LogP contribution >= 0.6 is 11.8 Å². The Bertz CT molecular complexity index is 407. The van der Waals surface area contributed by atoms with Crippen LogP contribution in [0.5, 0.6) is 0 Å². The average molecular weight is 293 g/mol. The van der Waals surface area contributed by atoms with E-state index in [0.717, 1.165) is 0 Å². The third-order valence-electron chi connectivity index (χ3n) is 2.71. The first-order valence-electron chi connectivity index (χ1n) is 5.87. The number of anilines is 1. The van der Waals surface area contributed by atoms with Crippen LogP contribution in [-0.2, 0) is 4.74 Å². The van der Waals surface area contributed by atoms with Crippen molar-refractivity contribution in [1.29, 1.82) is 0 Å². The molecule has 0 saturated carbocycles. The van der Waals surface area contributed by atoms with Crippen molar-refractivity contribution in [3.05, 3.63) is 24.3 Å². The Morgan fingerprint density at radius 2 is 1.84 bits per heavy atom. The third kappa shape index (κ3) is 6.20. The number of nitrogens with one attached hydrogen (secondary N) is 1. The maximum Gasteiger partial charge on any atom is 0.446 e. The predicted molar refractivity (Wildman–Crippen MR) is 72.5 cm³/mol. The number of hydrogen-bond acceptors (Lipinski definition) is 3. The minimum absolute atomic E-state index is 0.103. The van der Waals surface area contributed by atoms with Crippen molar-refractivity contribution in [2.45, 2.75) is 36.3 Å². The first-order valence-corrected chi connectivity index (χ1v) is 6.69. The zero-order valence-electron chi connectivity index (χ0n) is 11.2. The van der Waals surface area contributed by atoms with Crippen molar-refractivity contribution in [3.63, 3.8) is 0 Å². The molecule has 0 aliphatic rings. The molecule has 1 N–H and O–H groups in total. The van der Waals surface area contributed by atoms with Gasteiger partial charge in [0.15, 0.2) is 0 Å². The summed E-state index contributed by atoms with van der Waals surface area (Å²) in [7, 11) is 1.62. The highest BCUT2D eigenvalue weighted by Gasteiger charge is 2.30. The lowest BCUT2D eigenvalue weighted by Crippen LogP contribution is -2.25. The largest absolute Gasteiger partial charge is 0.446 e. The number of para-hydroxylation sites is 1. The monoisotopic (exact) mass is 293 g/mol. The lowest BCUT2D eigenvalue weighted by atomic mass is 10.1. The van der Waals surface area contributed by atoms with Gasteiger partial charge >= 0.3 is 5.51 Å². The normalized spacial score (nSPS) is 12.5. The van der Waals surface area contributed by atoms with Crippen molar-refractivity contribution < 1.29 is 17.9 Å². The smallest absolute Gasteiger partial charge is 0.384 e. The lowest BCUT2D eigenvalue weighted by Gasteiger charge is -2.23. The zero-order chi connectivity index (χ0) is 14.5. The van der Waals surface area contributed by atoms with Crippen LogP contribution in [0.2, 0.25) is 0 Å². The van der Waals surface area contributed by atoms with Gasteiger partial charge < -0.3 is 10.1 Å². The fraction of sp³-hybridized carbons (Fsp3) is 0.538. The van der Waals surface area contributed by atoms with Gasteiger partial charge in [0, 0.05) is 24.2 Å². The second-order valence-electron chi connectivity index (χ2n) is 4.68. The van der Waals surface area contributed by atoms with E-state index < -0.39 is 5.51 Å². The minimum atomic E-state index is -4.27. The molecule has 0 aliphatic carbocycles. The molecular weight excluding hydrogens is 275 g/mol. The number of benzene rings is 1. The Morgan fingerprint density at radius 3 is 2.42 bits per heavy atom. The zero-order valence-corrected chi connectivity index (χ0v) is 12.0. The Kier molecular flexibility index (Phi) is 5.55. The maximum atomic E-state index is 12.4. The van der Waals surface area contributed by atoms with E-state index in [9.17, 15) is 13.2 Å². The number of ether oxygens (including phenoxy) is 1. The highest BCUT2D eigenvalue weighted by atomic mass is 32.2. The van der Waals surface area contributed by atoms with E-state index in [0.29, 0.717) is 18.7 Å². The van der Waals surface area contributed by atoms with Crippen LogP contribution in [0.3, 0.4) is 0 Å². The van der Waals surface area contributed by atoms with Crippen molar-refractivity contribution in [2.75, 3.05) is 19.0 Å². The van der Waals surface area contributed by atoms with Crippen molar-refractivity contribution in [1.82, 2.24) is 0 Å². The summed E-state index contributed by atoms with van der Waals surface area (Å²) in [6, 6.07) is 6.42. The molecule has 1 rings (SSSR count). The lowest BCUT2D eigenvalue weighted by molar-refractivity contribution is -0.0328. The molecule has 0 atom stereocenters. The predicted octanol–water partition coefficient (Wildman–Crippen LogP) is 4.53. The van der Waals surface area contributed by atoms with Crippen LogP contribution < -0.4 is 5.32 Å². The Hall–Kier alpha value is -0.880. The summed E-state index contributed by atoms with van der Waals surface area (Å²) in [4.78, 5) is 0.185. The van der Waals surface area contributed by atoms with E-state index in [2.05, 4.69) is 5.32 Å². The third-order valence-corrected chi connectivity index (χ3v) is 3.52. The van der Waals surface area contributed by atoms with Gasteiger partial charge in [-0.25, -0.2) is 0 Å². The van der Waals surface area contributed by atoms with Gasteiger partial charge in [0.25, 0.3) is 0 Å². The second-order valence-corrected chi connectivity index (χ2v) is 5.79. The van der Waals surface area contributed by atoms with Crippen LogP contribution in [0.15, 0.2) is 29.2 Å². The molecule has 6 heteroatoms. The number of alkyl halides is 3. The minimum Gasteiger partial charge on any atom is -0.384 e. The summed E-state index contributed by atoms with van der Waals surface area (Å²) in [5.41, 5.74) is -4.07. The van der Waals surface area contributed by atoms with E-state index >= 15 is 0 Å². The van der Waals surface area contributed by atoms with Crippen LogP contribution in [0.25, 0.3) is 0 Å². The van der Waals surface area contributed by atoms with Gasteiger partial charge in [-0.15, -0.1) is 0 Å². The molecule has 0 aromatic heterocycles. The van der Waals surface area contributed by atoms with Crippen LogP contribution in [0.1, 0.15) is 20.3 Å². The summed E-state index contributed by atoms with van der Waals surface area (Å²) in [5.74, 6) is 0. The Balaban J connectivity index is 2.63. The van der Waals surface area contributed by atoms with Crippen LogP contribution in [-0.4, -0.2) is 24.8 Å². The summed E-state index contributed by atoms with van der Waals surface area (Å²) < 4.78 is 42.5. The summed E-state index contributed by atoms with van der Waals surface area (Å²) in [5, 5.41) is 3.03. The molecular formula is C13H18F3NOS. The van der Waals surface area contributed by atoms with Gasteiger partial charge in [0.05, 0.1) is 5.60 Å². The maximum absolute atomic E-state index is 12.4. The summed E-state index contributed by atoms with van der Waals surface area (Å²) in [6.07, 6.45) is 0.703. The van der Waals surface area contributed by atoms with E-state index in [1.54, 1.807) is 25.3 Å². The molecule has 108 valence electrons. The second kappa shape index (κ2) is 6.52. The molecule has 0 saturated heterocycles. The number of hydrogen-bond donors (Lipinski definition) is 1. The average Bonchev–Trinajstić information content (AvgIpc) is 2.29. The molecule has 0 aliphatic heterocycles. The summed E-state index contributed by atoms with van der Waals surface area (Å²) >= 11 is -0.103. The van der Waals surface area contributed by atoms with E-state index in [1.807, 2.05) is 13.8 Å². The highest BCUT2D eigenvalue weighted by molar-refractivity contribution is 8.00. The topological polar surface area (TPSA) is 21.3 Å². The highest BCUT2D eigenvalue weighted by Crippen LogP contribution is 2.40. The van der Waals surface area contributed by atoms with E-state index in [1.165, 1.54) is 6.07 Å². The molecule has 0 fully saturated rings. The Labute approximate surface area is 115 Å². The Morgan fingerprint density at radius 1 is 1.21 bits per heavy atom. The van der Waals surface area contributed by atoms with E-state index in [4.69, 9.17) is 4.74 Å². The molecule has 1 aromatic rings. The molecule has 0 heterocycles. The first kappa shape index (κ1) is 16.2. The van der Waals surface area contributed by atoms with Crippen molar-refractivity contribution in [2.24, 2.45) is 0 Å². The molecule has 0 radical (unpaired) electrons. The van der Waals surface area contributed by atoms with Gasteiger partial charge in [0.2, 0.25) is 0 Å².